The molecule has 7 nitrogen and oxygen atoms in total. The number of nitrogens with one attached hydrogen (secondary N) is 1. The third kappa shape index (κ3) is 3.40. The Labute approximate surface area is 118 Å². The maximum atomic E-state index is 12.1. The minimum Gasteiger partial charge on any atom is -0.480 e. The molecule has 2 amide bonds. The summed E-state index contributed by atoms with van der Waals surface area (Å²) in [6.07, 6.45) is 3.06. The highest BCUT2D eigenvalue weighted by molar-refractivity contribution is 5.76. The summed E-state index contributed by atoms with van der Waals surface area (Å²) in [5.74, 6) is -0.997. The van der Waals surface area contributed by atoms with Gasteiger partial charge in [-0.1, -0.05) is 0 Å². The van der Waals surface area contributed by atoms with Gasteiger partial charge in [0, 0.05) is 7.11 Å². The lowest BCUT2D eigenvalue weighted by atomic mass is 9.97. The topological polar surface area (TPSA) is 88.1 Å². The molecule has 1 aliphatic carbocycles. The number of carbonyl (C=O) groups is 2. The summed E-state index contributed by atoms with van der Waals surface area (Å²) < 4.78 is 10.6. The summed E-state index contributed by atoms with van der Waals surface area (Å²) in [5, 5.41) is 11.6. The fraction of sp³-hybridized carbons (Fsp3) is 0.846. The summed E-state index contributed by atoms with van der Waals surface area (Å²) in [6.45, 7) is 2.31. The zero-order valence-electron chi connectivity index (χ0n) is 11.9. The highest BCUT2D eigenvalue weighted by atomic mass is 16.5. The minimum atomic E-state index is -0.997. The molecule has 2 N–H and O–H groups in total. The number of hydrogen-bond acceptors (Lipinski definition) is 4. The first-order chi connectivity index (χ1) is 9.43. The van der Waals surface area contributed by atoms with Crippen LogP contribution in [0.3, 0.4) is 0 Å². The molecule has 1 aliphatic heterocycles. The molecule has 2 unspecified atom stereocenters. The van der Waals surface area contributed by atoms with Crippen LogP contribution in [0.25, 0.3) is 0 Å². The molecule has 20 heavy (non-hydrogen) atoms. The molecule has 0 spiro atoms. The first-order valence-electron chi connectivity index (χ1n) is 6.87. The van der Waals surface area contributed by atoms with E-state index in [1.807, 2.05) is 6.92 Å². The number of ether oxygens (including phenoxy) is 2. The lowest BCUT2D eigenvalue weighted by molar-refractivity contribution is -0.159. The molecular formula is C13H22N2O5. The van der Waals surface area contributed by atoms with Crippen LogP contribution in [0.4, 0.5) is 4.79 Å². The molecular weight excluding hydrogens is 264 g/mol. The van der Waals surface area contributed by atoms with Crippen LogP contribution in [-0.4, -0.2) is 66.6 Å². The minimum absolute atomic E-state index is 0.0688. The quantitative estimate of drug-likeness (QED) is 0.765. The van der Waals surface area contributed by atoms with Crippen LogP contribution in [-0.2, 0) is 14.3 Å². The van der Waals surface area contributed by atoms with Gasteiger partial charge in [-0.3, -0.25) is 0 Å². The smallest absolute Gasteiger partial charge is 0.329 e. The molecule has 0 aromatic carbocycles. The van der Waals surface area contributed by atoms with Gasteiger partial charge in [0.1, 0.15) is 12.2 Å². The molecule has 2 atom stereocenters. The van der Waals surface area contributed by atoms with E-state index in [4.69, 9.17) is 14.6 Å². The van der Waals surface area contributed by atoms with Gasteiger partial charge < -0.3 is 24.8 Å². The Morgan fingerprint density at radius 2 is 2.10 bits per heavy atom. The van der Waals surface area contributed by atoms with Crippen LogP contribution < -0.4 is 5.32 Å². The molecule has 7 heteroatoms. The van der Waals surface area contributed by atoms with Gasteiger partial charge in [-0.2, -0.15) is 0 Å². The Morgan fingerprint density at radius 1 is 1.40 bits per heavy atom. The third-order valence-electron chi connectivity index (χ3n) is 3.95. The van der Waals surface area contributed by atoms with E-state index in [9.17, 15) is 9.59 Å². The summed E-state index contributed by atoms with van der Waals surface area (Å²) in [6, 6.07) is -0.0605. The number of nitrogens with zero attached hydrogens (tertiary/aromatic N) is 1. The summed E-state index contributed by atoms with van der Waals surface area (Å²) in [4.78, 5) is 24.2. The molecule has 0 aromatic rings. The average Bonchev–Trinajstić information content (AvgIpc) is 2.80. The number of amides is 2. The second kappa shape index (κ2) is 5.97. The van der Waals surface area contributed by atoms with Gasteiger partial charge in [0.15, 0.2) is 0 Å². The van der Waals surface area contributed by atoms with Gasteiger partial charge in [-0.15, -0.1) is 0 Å². The van der Waals surface area contributed by atoms with Crippen molar-refractivity contribution in [2.24, 2.45) is 0 Å². The van der Waals surface area contributed by atoms with Crippen molar-refractivity contribution in [2.45, 2.75) is 43.9 Å². The van der Waals surface area contributed by atoms with E-state index in [2.05, 4.69) is 5.32 Å². The maximum absolute atomic E-state index is 12.1. The van der Waals surface area contributed by atoms with E-state index in [1.165, 1.54) is 0 Å². The lowest BCUT2D eigenvalue weighted by Crippen LogP contribution is -2.66. The Balaban J connectivity index is 1.74. The number of methoxy groups -OCH3 is 1. The van der Waals surface area contributed by atoms with E-state index in [0.29, 0.717) is 13.1 Å². The summed E-state index contributed by atoms with van der Waals surface area (Å²) >= 11 is 0. The summed E-state index contributed by atoms with van der Waals surface area (Å²) in [7, 11) is 1.66. The first kappa shape index (κ1) is 15.1. The Bertz CT molecular complexity index is 381. The SMILES string of the molecule is COC1CCCC1NC(=O)N1CC(C)(OCC(=O)O)C1. The molecule has 2 rings (SSSR count). The molecule has 2 aliphatic rings. The maximum Gasteiger partial charge on any atom is 0.329 e. The zero-order valence-corrected chi connectivity index (χ0v) is 11.9. The van der Waals surface area contributed by atoms with E-state index in [1.54, 1.807) is 12.0 Å². The number of aliphatic carboxylic acids is 1. The van der Waals surface area contributed by atoms with Crippen molar-refractivity contribution in [3.63, 3.8) is 0 Å². The number of rotatable bonds is 5. The van der Waals surface area contributed by atoms with Gasteiger partial charge in [-0.25, -0.2) is 9.59 Å². The fourth-order valence-corrected chi connectivity index (χ4v) is 2.86. The Kier molecular flexibility index (Phi) is 4.49. The van der Waals surface area contributed by atoms with Crippen LogP contribution >= 0.6 is 0 Å². The van der Waals surface area contributed by atoms with Crippen molar-refractivity contribution in [1.29, 1.82) is 0 Å². The number of carboxylic acids is 1. The van der Waals surface area contributed by atoms with Crippen LogP contribution in [0.5, 0.6) is 0 Å². The van der Waals surface area contributed by atoms with Crippen LogP contribution in [0.1, 0.15) is 26.2 Å². The number of carboxylic acid groups (broad SMARTS) is 1. The highest BCUT2D eigenvalue weighted by Crippen LogP contribution is 2.26. The molecule has 0 radical (unpaired) electrons. The number of likely N-dealkylation sites (tertiary alicyclic amines) is 1. The number of urea groups is 1. The van der Waals surface area contributed by atoms with E-state index < -0.39 is 11.6 Å². The average molecular weight is 286 g/mol. The van der Waals surface area contributed by atoms with Crippen molar-refractivity contribution < 1.29 is 24.2 Å². The molecule has 0 aromatic heterocycles. The Morgan fingerprint density at radius 3 is 2.70 bits per heavy atom. The van der Waals surface area contributed by atoms with Crippen molar-refractivity contribution in [1.82, 2.24) is 10.2 Å². The highest BCUT2D eigenvalue weighted by Gasteiger charge is 2.43. The monoisotopic (exact) mass is 286 g/mol. The first-order valence-corrected chi connectivity index (χ1v) is 6.87. The number of carbonyl (C=O) groups excluding carboxylic acids is 1. The van der Waals surface area contributed by atoms with Crippen molar-refractivity contribution in [3.8, 4) is 0 Å². The standard InChI is InChI=1S/C13H22N2O5/c1-13(20-6-11(16)17)7-15(8-13)12(18)14-9-4-3-5-10(9)19-2/h9-10H,3-8H2,1-2H3,(H,14,18)(H,16,17). The van der Waals surface area contributed by atoms with Crippen molar-refractivity contribution >= 4 is 12.0 Å². The van der Waals surface area contributed by atoms with Crippen LogP contribution in [0.15, 0.2) is 0 Å². The molecule has 114 valence electrons. The molecule has 1 heterocycles. The van der Waals surface area contributed by atoms with Crippen LogP contribution in [0, 0.1) is 0 Å². The predicted molar refractivity (Wildman–Crippen MR) is 70.5 cm³/mol. The van der Waals surface area contributed by atoms with E-state index in [-0.39, 0.29) is 24.8 Å². The van der Waals surface area contributed by atoms with Gasteiger partial charge in [0.05, 0.1) is 25.2 Å². The molecule has 1 saturated heterocycles. The van der Waals surface area contributed by atoms with Gasteiger partial charge in [-0.05, 0) is 26.2 Å². The van der Waals surface area contributed by atoms with Gasteiger partial charge in [0.2, 0.25) is 0 Å². The second-order valence-corrected chi connectivity index (χ2v) is 5.75. The van der Waals surface area contributed by atoms with E-state index in [0.717, 1.165) is 19.3 Å². The normalized spacial score (nSPS) is 28.0. The molecule has 1 saturated carbocycles. The fourth-order valence-electron chi connectivity index (χ4n) is 2.86. The van der Waals surface area contributed by atoms with Gasteiger partial charge in [0.25, 0.3) is 0 Å². The van der Waals surface area contributed by atoms with Crippen molar-refractivity contribution in [2.75, 3.05) is 26.8 Å². The second-order valence-electron chi connectivity index (χ2n) is 5.75. The zero-order chi connectivity index (χ0) is 14.8. The van der Waals surface area contributed by atoms with Gasteiger partial charge >= 0.3 is 12.0 Å². The lowest BCUT2D eigenvalue weighted by Gasteiger charge is -2.47. The Hall–Kier alpha value is -1.34. The molecule has 2 fully saturated rings. The summed E-state index contributed by atoms with van der Waals surface area (Å²) in [5.41, 5.74) is -0.550. The van der Waals surface area contributed by atoms with Crippen molar-refractivity contribution in [3.05, 3.63) is 0 Å². The molecule has 0 bridgehead atoms. The predicted octanol–water partition coefficient (Wildman–Crippen LogP) is 0.439. The largest absolute Gasteiger partial charge is 0.480 e. The third-order valence-corrected chi connectivity index (χ3v) is 3.95. The van der Waals surface area contributed by atoms with E-state index >= 15 is 0 Å². The number of hydrogen-bond donors (Lipinski definition) is 2. The van der Waals surface area contributed by atoms with Crippen LogP contribution in [0.2, 0.25) is 0 Å².